The molecule has 0 aliphatic heterocycles. The summed E-state index contributed by atoms with van der Waals surface area (Å²) in [7, 11) is 0. The summed E-state index contributed by atoms with van der Waals surface area (Å²) in [6, 6.07) is 16.1. The first-order valence-electron chi connectivity index (χ1n) is 8.93. The number of amides is 1. The van der Waals surface area contributed by atoms with E-state index < -0.39 is 0 Å². The Bertz CT molecular complexity index is 1030. The molecular weight excluding hydrogens is 338 g/mol. The molecule has 6 nitrogen and oxygen atoms in total. The molecule has 4 rings (SSSR count). The quantitative estimate of drug-likeness (QED) is 0.575. The minimum absolute atomic E-state index is 0.0260. The zero-order valence-corrected chi connectivity index (χ0v) is 15.1. The lowest BCUT2D eigenvalue weighted by molar-refractivity contribution is -0.124. The highest BCUT2D eigenvalue weighted by Crippen LogP contribution is 2.14. The smallest absolute Gasteiger partial charge is 0.243 e. The summed E-state index contributed by atoms with van der Waals surface area (Å²) in [5.41, 5.74) is 4.40. The monoisotopic (exact) mass is 359 g/mol. The Hall–Kier alpha value is -3.41. The lowest BCUT2D eigenvalue weighted by Crippen LogP contribution is -2.30. The van der Waals surface area contributed by atoms with Crippen molar-refractivity contribution in [1.82, 2.24) is 24.4 Å². The third-order valence-electron chi connectivity index (χ3n) is 4.72. The number of rotatable bonds is 6. The molecule has 1 amide bonds. The van der Waals surface area contributed by atoms with E-state index in [0.717, 1.165) is 23.1 Å². The molecule has 0 radical (unpaired) electrons. The fourth-order valence-electron chi connectivity index (χ4n) is 3.07. The standard InChI is InChI=1S/C21H21N5O/c1-16(25-11-10-22-14-25)21(27)23-12-17-6-8-18(9-7-17)13-26-15-24-19-4-2-3-5-20(19)26/h2-11,14-16H,12-13H2,1H3,(H,23,27)/t16-/m1/s1. The molecule has 0 saturated carbocycles. The van der Waals surface area contributed by atoms with E-state index in [1.54, 1.807) is 23.3 Å². The van der Waals surface area contributed by atoms with Crippen LogP contribution in [-0.4, -0.2) is 25.0 Å². The van der Waals surface area contributed by atoms with Crippen LogP contribution < -0.4 is 5.32 Å². The summed E-state index contributed by atoms with van der Waals surface area (Å²) in [6.45, 7) is 3.13. The minimum atomic E-state index is -0.277. The van der Waals surface area contributed by atoms with Crippen molar-refractivity contribution in [3.05, 3.63) is 84.7 Å². The van der Waals surface area contributed by atoms with Crippen molar-refractivity contribution in [2.75, 3.05) is 0 Å². The van der Waals surface area contributed by atoms with E-state index in [0.29, 0.717) is 6.54 Å². The first-order valence-corrected chi connectivity index (χ1v) is 8.93. The van der Waals surface area contributed by atoms with Crippen LogP contribution >= 0.6 is 0 Å². The average Bonchev–Trinajstić information content (AvgIpc) is 3.37. The normalized spacial score (nSPS) is 12.2. The molecular formula is C21H21N5O. The van der Waals surface area contributed by atoms with Crippen LogP contribution in [0.5, 0.6) is 0 Å². The molecule has 0 spiro atoms. The highest BCUT2D eigenvalue weighted by molar-refractivity contribution is 5.79. The Morgan fingerprint density at radius 1 is 1.07 bits per heavy atom. The van der Waals surface area contributed by atoms with Gasteiger partial charge >= 0.3 is 0 Å². The summed E-state index contributed by atoms with van der Waals surface area (Å²) < 4.78 is 3.92. The number of para-hydroxylation sites is 2. The Morgan fingerprint density at radius 2 is 1.85 bits per heavy atom. The van der Waals surface area contributed by atoms with Gasteiger partial charge in [0.15, 0.2) is 0 Å². The number of imidazole rings is 2. The molecule has 27 heavy (non-hydrogen) atoms. The van der Waals surface area contributed by atoms with E-state index in [2.05, 4.69) is 50.2 Å². The minimum Gasteiger partial charge on any atom is -0.350 e. The number of nitrogens with one attached hydrogen (secondary N) is 1. The molecule has 136 valence electrons. The number of aromatic nitrogens is 4. The maximum absolute atomic E-state index is 12.2. The van der Waals surface area contributed by atoms with Gasteiger partial charge in [0, 0.05) is 25.5 Å². The van der Waals surface area contributed by atoms with Gasteiger partial charge in [0.25, 0.3) is 0 Å². The Kier molecular flexibility index (Phi) is 4.70. The molecule has 1 atom stereocenters. The molecule has 0 fully saturated rings. The molecule has 0 saturated heterocycles. The lowest BCUT2D eigenvalue weighted by Gasteiger charge is -2.13. The van der Waals surface area contributed by atoms with Gasteiger partial charge in [0.05, 0.1) is 23.7 Å². The highest BCUT2D eigenvalue weighted by atomic mass is 16.2. The van der Waals surface area contributed by atoms with Crippen LogP contribution in [0.1, 0.15) is 24.1 Å². The van der Waals surface area contributed by atoms with Crippen molar-refractivity contribution < 1.29 is 4.79 Å². The molecule has 2 aromatic carbocycles. The summed E-state index contributed by atoms with van der Waals surface area (Å²) in [5.74, 6) is -0.0260. The number of nitrogens with zero attached hydrogens (tertiary/aromatic N) is 4. The molecule has 2 heterocycles. The number of hydrogen-bond acceptors (Lipinski definition) is 3. The van der Waals surface area contributed by atoms with Gasteiger partial charge in [-0.2, -0.15) is 0 Å². The Labute approximate surface area is 157 Å². The van der Waals surface area contributed by atoms with Crippen LogP contribution in [0.15, 0.2) is 73.6 Å². The van der Waals surface area contributed by atoms with E-state index in [1.165, 1.54) is 5.56 Å². The fraction of sp³-hybridized carbons (Fsp3) is 0.190. The zero-order valence-electron chi connectivity index (χ0n) is 15.1. The van der Waals surface area contributed by atoms with Gasteiger partial charge in [-0.1, -0.05) is 36.4 Å². The van der Waals surface area contributed by atoms with Gasteiger partial charge in [0.2, 0.25) is 5.91 Å². The fourth-order valence-corrected chi connectivity index (χ4v) is 3.07. The maximum atomic E-state index is 12.2. The first-order chi connectivity index (χ1) is 13.2. The van der Waals surface area contributed by atoms with Crippen LogP contribution in [0, 0.1) is 0 Å². The molecule has 0 aliphatic rings. The van der Waals surface area contributed by atoms with Crippen LogP contribution in [0.4, 0.5) is 0 Å². The van der Waals surface area contributed by atoms with Crippen LogP contribution in [0.3, 0.4) is 0 Å². The van der Waals surface area contributed by atoms with Crippen molar-refractivity contribution in [1.29, 1.82) is 0 Å². The number of carbonyl (C=O) groups is 1. The number of carbonyl (C=O) groups excluding carboxylic acids is 1. The maximum Gasteiger partial charge on any atom is 0.243 e. The lowest BCUT2D eigenvalue weighted by atomic mass is 10.1. The van der Waals surface area contributed by atoms with E-state index in [-0.39, 0.29) is 11.9 Å². The second-order valence-corrected chi connectivity index (χ2v) is 6.58. The average molecular weight is 359 g/mol. The summed E-state index contributed by atoms with van der Waals surface area (Å²) in [6.07, 6.45) is 6.99. The molecule has 0 aliphatic carbocycles. The van der Waals surface area contributed by atoms with Crippen molar-refractivity contribution in [3.8, 4) is 0 Å². The third-order valence-corrected chi connectivity index (χ3v) is 4.72. The second kappa shape index (κ2) is 7.45. The zero-order chi connectivity index (χ0) is 18.6. The van der Waals surface area contributed by atoms with Crippen LogP contribution in [0.25, 0.3) is 11.0 Å². The van der Waals surface area contributed by atoms with E-state index >= 15 is 0 Å². The largest absolute Gasteiger partial charge is 0.350 e. The predicted octanol–water partition coefficient (Wildman–Crippen LogP) is 3.16. The molecule has 0 bridgehead atoms. The molecule has 4 aromatic rings. The third kappa shape index (κ3) is 3.74. The first kappa shape index (κ1) is 17.0. The molecule has 1 N–H and O–H groups in total. The molecule has 2 aromatic heterocycles. The number of fused-ring (bicyclic) bond motifs is 1. The van der Waals surface area contributed by atoms with Gasteiger partial charge in [0.1, 0.15) is 6.04 Å². The summed E-state index contributed by atoms with van der Waals surface area (Å²) in [5, 5.41) is 2.97. The SMILES string of the molecule is C[C@H](C(=O)NCc1ccc(Cn2cnc3ccccc32)cc1)n1ccnc1. The van der Waals surface area contributed by atoms with Crippen molar-refractivity contribution in [3.63, 3.8) is 0 Å². The van der Waals surface area contributed by atoms with Crippen molar-refractivity contribution in [2.24, 2.45) is 0 Å². The van der Waals surface area contributed by atoms with Gasteiger partial charge in [-0.05, 0) is 30.2 Å². The summed E-state index contributed by atoms with van der Waals surface area (Å²) in [4.78, 5) is 20.7. The van der Waals surface area contributed by atoms with Gasteiger partial charge in [-0.3, -0.25) is 4.79 Å². The van der Waals surface area contributed by atoms with Crippen LogP contribution in [0.2, 0.25) is 0 Å². The van der Waals surface area contributed by atoms with Gasteiger partial charge in [-0.25, -0.2) is 9.97 Å². The van der Waals surface area contributed by atoms with Crippen molar-refractivity contribution >= 4 is 16.9 Å². The molecule has 0 unspecified atom stereocenters. The topological polar surface area (TPSA) is 64.7 Å². The highest BCUT2D eigenvalue weighted by Gasteiger charge is 2.13. The predicted molar refractivity (Wildman–Crippen MR) is 104 cm³/mol. The Balaban J connectivity index is 1.37. The summed E-state index contributed by atoms with van der Waals surface area (Å²) >= 11 is 0. The van der Waals surface area contributed by atoms with E-state index in [4.69, 9.17) is 0 Å². The van der Waals surface area contributed by atoms with Gasteiger partial charge < -0.3 is 14.5 Å². The van der Waals surface area contributed by atoms with Crippen molar-refractivity contribution in [2.45, 2.75) is 26.1 Å². The van der Waals surface area contributed by atoms with Gasteiger partial charge in [-0.15, -0.1) is 0 Å². The molecule has 6 heteroatoms. The second-order valence-electron chi connectivity index (χ2n) is 6.58. The Morgan fingerprint density at radius 3 is 2.63 bits per heavy atom. The van der Waals surface area contributed by atoms with Crippen LogP contribution in [-0.2, 0) is 17.9 Å². The number of benzene rings is 2. The number of hydrogen-bond donors (Lipinski definition) is 1. The van der Waals surface area contributed by atoms with E-state index in [1.807, 2.05) is 31.5 Å². The van der Waals surface area contributed by atoms with E-state index in [9.17, 15) is 4.79 Å².